The Hall–Kier alpha value is -5.90. The summed E-state index contributed by atoms with van der Waals surface area (Å²) in [5.74, 6) is -1.19. The number of anilines is 2. The van der Waals surface area contributed by atoms with Crippen molar-refractivity contribution in [3.8, 4) is 28.4 Å². The van der Waals surface area contributed by atoms with Crippen molar-refractivity contribution in [1.29, 1.82) is 0 Å². The fourth-order valence-corrected chi connectivity index (χ4v) is 4.79. The molecule has 4 aromatic carbocycles. The SMILES string of the molecule is CCOc1cc(-c2nn(-c3ccccc3)c(C(=O)OC)c2C(=O)OC)ccc1OCC(=O)N(c1ccccc1)c1ccccc1. The molecular formula is C35H31N3O7. The molecule has 0 radical (unpaired) electrons. The number of aromatic nitrogens is 2. The molecule has 0 bridgehead atoms. The Balaban J connectivity index is 1.52. The lowest BCUT2D eigenvalue weighted by Gasteiger charge is -2.23. The lowest BCUT2D eigenvalue weighted by atomic mass is 10.0. The van der Waals surface area contributed by atoms with E-state index in [1.165, 1.54) is 18.9 Å². The van der Waals surface area contributed by atoms with Crippen LogP contribution in [-0.4, -0.2) is 55.1 Å². The van der Waals surface area contributed by atoms with Gasteiger partial charge in [0, 0.05) is 16.9 Å². The lowest BCUT2D eigenvalue weighted by molar-refractivity contribution is -0.119. The number of amides is 1. The van der Waals surface area contributed by atoms with Crippen LogP contribution in [0.3, 0.4) is 0 Å². The monoisotopic (exact) mass is 605 g/mol. The minimum absolute atomic E-state index is 0.0686. The van der Waals surface area contributed by atoms with Crippen molar-refractivity contribution in [3.63, 3.8) is 0 Å². The van der Waals surface area contributed by atoms with E-state index in [0.717, 1.165) is 0 Å². The number of methoxy groups -OCH3 is 2. The van der Waals surface area contributed by atoms with Crippen molar-refractivity contribution >= 4 is 29.2 Å². The van der Waals surface area contributed by atoms with Crippen molar-refractivity contribution in [2.75, 3.05) is 32.3 Å². The summed E-state index contributed by atoms with van der Waals surface area (Å²) in [5, 5.41) is 4.64. The Bertz CT molecular complexity index is 1750. The Morgan fingerprint density at radius 1 is 0.711 bits per heavy atom. The molecule has 0 aliphatic carbocycles. The molecule has 5 rings (SSSR count). The van der Waals surface area contributed by atoms with Gasteiger partial charge in [-0.05, 0) is 61.5 Å². The minimum Gasteiger partial charge on any atom is -0.490 e. The van der Waals surface area contributed by atoms with E-state index >= 15 is 0 Å². The largest absolute Gasteiger partial charge is 0.490 e. The first-order chi connectivity index (χ1) is 22.0. The normalized spacial score (nSPS) is 10.6. The maximum absolute atomic E-state index is 13.5. The first-order valence-corrected chi connectivity index (χ1v) is 14.1. The molecule has 0 spiro atoms. The van der Waals surface area contributed by atoms with Crippen LogP contribution in [0.25, 0.3) is 16.9 Å². The molecule has 1 aromatic heterocycles. The van der Waals surface area contributed by atoms with Crippen LogP contribution < -0.4 is 14.4 Å². The van der Waals surface area contributed by atoms with Gasteiger partial charge < -0.3 is 18.9 Å². The van der Waals surface area contributed by atoms with Gasteiger partial charge in [-0.25, -0.2) is 14.3 Å². The summed E-state index contributed by atoms with van der Waals surface area (Å²) in [7, 11) is 2.45. The first-order valence-electron chi connectivity index (χ1n) is 14.1. The summed E-state index contributed by atoms with van der Waals surface area (Å²) in [6.45, 7) is 1.82. The van der Waals surface area contributed by atoms with E-state index in [-0.39, 0.29) is 29.5 Å². The van der Waals surface area contributed by atoms with Gasteiger partial charge in [0.2, 0.25) is 0 Å². The Morgan fingerprint density at radius 2 is 1.29 bits per heavy atom. The van der Waals surface area contributed by atoms with E-state index in [9.17, 15) is 14.4 Å². The molecule has 10 heteroatoms. The molecule has 45 heavy (non-hydrogen) atoms. The quantitative estimate of drug-likeness (QED) is 0.163. The van der Waals surface area contributed by atoms with Crippen molar-refractivity contribution in [1.82, 2.24) is 9.78 Å². The Kier molecular flexibility index (Phi) is 9.54. The van der Waals surface area contributed by atoms with Crippen LogP contribution in [0.5, 0.6) is 11.5 Å². The highest BCUT2D eigenvalue weighted by Gasteiger charge is 2.32. The Morgan fingerprint density at radius 3 is 1.84 bits per heavy atom. The van der Waals surface area contributed by atoms with E-state index in [0.29, 0.717) is 40.7 Å². The zero-order valence-corrected chi connectivity index (χ0v) is 25.0. The molecule has 0 aliphatic heterocycles. The van der Waals surface area contributed by atoms with Crippen LogP contribution in [0.2, 0.25) is 0 Å². The molecule has 0 unspecified atom stereocenters. The average Bonchev–Trinajstić information content (AvgIpc) is 3.49. The standard InChI is InChI=1S/C35H31N3O7/c1-4-44-29-22-24(32-31(34(40)42-2)33(35(41)43-3)38(36-32)27-18-12-7-13-19-27)20-21-28(29)45-23-30(39)37(25-14-8-5-9-15-25)26-16-10-6-11-17-26/h5-22H,4,23H2,1-3H3. The zero-order valence-electron chi connectivity index (χ0n) is 25.0. The number of nitrogens with zero attached hydrogens (tertiary/aromatic N) is 3. The summed E-state index contributed by atoms with van der Waals surface area (Å²) in [6, 6.07) is 32.4. The molecule has 0 N–H and O–H groups in total. The molecule has 0 aliphatic rings. The van der Waals surface area contributed by atoms with Crippen LogP contribution in [0.1, 0.15) is 27.8 Å². The summed E-state index contributed by atoms with van der Waals surface area (Å²) in [5.41, 5.74) is 2.41. The molecule has 0 saturated heterocycles. The molecular weight excluding hydrogens is 574 g/mol. The van der Waals surface area contributed by atoms with Gasteiger partial charge in [0.25, 0.3) is 5.91 Å². The smallest absolute Gasteiger partial charge is 0.357 e. The van der Waals surface area contributed by atoms with Crippen LogP contribution >= 0.6 is 0 Å². The summed E-state index contributed by atoms with van der Waals surface area (Å²) >= 11 is 0. The molecule has 5 aromatic rings. The highest BCUT2D eigenvalue weighted by Crippen LogP contribution is 2.36. The number of para-hydroxylation sites is 3. The lowest BCUT2D eigenvalue weighted by Crippen LogP contribution is -2.31. The fourth-order valence-electron chi connectivity index (χ4n) is 4.79. The Labute approximate surface area is 260 Å². The number of hydrogen-bond acceptors (Lipinski definition) is 8. The average molecular weight is 606 g/mol. The summed E-state index contributed by atoms with van der Waals surface area (Å²) in [6.07, 6.45) is 0. The van der Waals surface area contributed by atoms with E-state index in [1.807, 2.05) is 73.7 Å². The van der Waals surface area contributed by atoms with Gasteiger partial charge in [-0.1, -0.05) is 54.6 Å². The molecule has 1 amide bonds. The van der Waals surface area contributed by atoms with Crippen molar-refractivity contribution in [3.05, 3.63) is 120 Å². The van der Waals surface area contributed by atoms with Gasteiger partial charge in [0.15, 0.2) is 23.8 Å². The van der Waals surface area contributed by atoms with E-state index in [2.05, 4.69) is 5.10 Å². The second-order valence-corrected chi connectivity index (χ2v) is 9.59. The molecule has 228 valence electrons. The highest BCUT2D eigenvalue weighted by atomic mass is 16.5. The second-order valence-electron chi connectivity index (χ2n) is 9.59. The van der Waals surface area contributed by atoms with Gasteiger partial charge in [-0.2, -0.15) is 5.10 Å². The zero-order chi connectivity index (χ0) is 31.8. The molecule has 0 fully saturated rings. The number of ether oxygens (including phenoxy) is 4. The molecule has 0 atom stereocenters. The van der Waals surface area contributed by atoms with Gasteiger partial charge in [0.1, 0.15) is 11.3 Å². The van der Waals surface area contributed by atoms with Crippen molar-refractivity contribution < 1.29 is 33.3 Å². The molecule has 0 saturated carbocycles. The predicted octanol–water partition coefficient (Wildman–Crippen LogP) is 6.25. The number of benzene rings is 4. The maximum Gasteiger partial charge on any atom is 0.357 e. The number of esters is 2. The van der Waals surface area contributed by atoms with Gasteiger partial charge >= 0.3 is 11.9 Å². The number of hydrogen-bond donors (Lipinski definition) is 0. The first kappa shape index (κ1) is 30.6. The fraction of sp³-hybridized carbons (Fsp3) is 0.143. The van der Waals surface area contributed by atoms with E-state index in [1.54, 1.807) is 47.4 Å². The van der Waals surface area contributed by atoms with Crippen LogP contribution in [-0.2, 0) is 14.3 Å². The number of rotatable bonds is 11. The van der Waals surface area contributed by atoms with Crippen LogP contribution in [0.4, 0.5) is 11.4 Å². The minimum atomic E-state index is -0.765. The molecule has 10 nitrogen and oxygen atoms in total. The van der Waals surface area contributed by atoms with E-state index < -0.39 is 11.9 Å². The van der Waals surface area contributed by atoms with Crippen LogP contribution in [0.15, 0.2) is 109 Å². The van der Waals surface area contributed by atoms with Gasteiger partial charge in [-0.3, -0.25) is 9.69 Å². The summed E-state index contributed by atoms with van der Waals surface area (Å²) < 4.78 is 23.3. The highest BCUT2D eigenvalue weighted by molar-refractivity contribution is 6.07. The van der Waals surface area contributed by atoms with Crippen LogP contribution in [0, 0.1) is 0 Å². The third-order valence-electron chi connectivity index (χ3n) is 6.80. The van der Waals surface area contributed by atoms with Crippen molar-refractivity contribution in [2.45, 2.75) is 6.92 Å². The third-order valence-corrected chi connectivity index (χ3v) is 6.80. The van der Waals surface area contributed by atoms with Gasteiger partial charge in [-0.15, -0.1) is 0 Å². The second kappa shape index (κ2) is 14.0. The topological polar surface area (TPSA) is 109 Å². The third kappa shape index (κ3) is 6.54. The number of carbonyl (C=O) groups excluding carboxylic acids is 3. The molecule has 1 heterocycles. The van der Waals surface area contributed by atoms with Crippen molar-refractivity contribution in [2.24, 2.45) is 0 Å². The van der Waals surface area contributed by atoms with E-state index in [4.69, 9.17) is 18.9 Å². The summed E-state index contributed by atoms with van der Waals surface area (Å²) in [4.78, 5) is 41.2. The number of carbonyl (C=O) groups is 3. The van der Waals surface area contributed by atoms with Gasteiger partial charge in [0.05, 0.1) is 26.5 Å². The maximum atomic E-state index is 13.5. The predicted molar refractivity (Wildman–Crippen MR) is 168 cm³/mol.